The second kappa shape index (κ2) is 4.66. The lowest BCUT2D eigenvalue weighted by Crippen LogP contribution is -2.16. The van der Waals surface area contributed by atoms with Crippen LogP contribution < -0.4 is 5.43 Å². The quantitative estimate of drug-likeness (QED) is 0.684. The van der Waals surface area contributed by atoms with Crippen LogP contribution in [0.15, 0.2) is 32.5 Å². The number of Topliss-reactive ketones (excluding diaryl/α,β-unsaturated/α-hetero) is 1. The van der Waals surface area contributed by atoms with Gasteiger partial charge in [-0.3, -0.25) is 9.59 Å². The first-order valence-electron chi connectivity index (χ1n) is 4.95. The Bertz CT molecular complexity index is 663. The van der Waals surface area contributed by atoms with Gasteiger partial charge in [0, 0.05) is 9.86 Å². The fourth-order valence-corrected chi connectivity index (χ4v) is 2.72. The van der Waals surface area contributed by atoms with Crippen LogP contribution in [0.1, 0.15) is 17.3 Å². The third kappa shape index (κ3) is 2.17. The van der Waals surface area contributed by atoms with Crippen molar-refractivity contribution in [3.8, 4) is 0 Å². The third-order valence-corrected chi connectivity index (χ3v) is 3.69. The number of hydrogen-bond acceptors (Lipinski definition) is 3. The number of hydrogen-bond donors (Lipinski definition) is 1. The number of thioether (sulfide) groups is 1. The van der Waals surface area contributed by atoms with E-state index in [-0.39, 0.29) is 16.8 Å². The van der Waals surface area contributed by atoms with Crippen LogP contribution in [-0.2, 0) is 0 Å². The minimum absolute atomic E-state index is 0.211. The number of ketones is 1. The molecule has 2 aromatic rings. The Kier molecular flexibility index (Phi) is 3.40. The molecular formula is C12H10BrNO2S. The van der Waals surface area contributed by atoms with Gasteiger partial charge in [-0.05, 0) is 31.4 Å². The Balaban J connectivity index is 2.94. The van der Waals surface area contributed by atoms with Gasteiger partial charge in [0.15, 0.2) is 5.78 Å². The van der Waals surface area contributed by atoms with E-state index in [2.05, 4.69) is 20.9 Å². The molecule has 1 aromatic heterocycles. The lowest BCUT2D eigenvalue weighted by atomic mass is 10.1. The van der Waals surface area contributed by atoms with Crippen LogP contribution in [0.25, 0.3) is 10.9 Å². The van der Waals surface area contributed by atoms with Crippen molar-refractivity contribution in [3.63, 3.8) is 0 Å². The number of rotatable bonds is 2. The third-order valence-electron chi connectivity index (χ3n) is 2.48. The summed E-state index contributed by atoms with van der Waals surface area (Å²) in [6, 6.07) is 5.41. The Morgan fingerprint density at radius 2 is 2.12 bits per heavy atom. The van der Waals surface area contributed by atoms with Crippen molar-refractivity contribution in [2.24, 2.45) is 0 Å². The molecule has 5 heteroatoms. The van der Waals surface area contributed by atoms with Gasteiger partial charge in [-0.15, -0.1) is 11.8 Å². The zero-order valence-electron chi connectivity index (χ0n) is 9.33. The topological polar surface area (TPSA) is 49.9 Å². The van der Waals surface area contributed by atoms with Crippen LogP contribution in [0.2, 0.25) is 0 Å². The summed E-state index contributed by atoms with van der Waals surface area (Å²) in [5.41, 5.74) is 0.771. The number of carbonyl (C=O) groups is 1. The number of aromatic nitrogens is 1. The molecule has 0 bridgehead atoms. The van der Waals surface area contributed by atoms with Crippen LogP contribution in [-0.4, -0.2) is 17.0 Å². The summed E-state index contributed by atoms with van der Waals surface area (Å²) < 4.78 is 0.821. The van der Waals surface area contributed by atoms with Crippen molar-refractivity contribution in [1.82, 2.24) is 4.98 Å². The van der Waals surface area contributed by atoms with Crippen molar-refractivity contribution in [2.45, 2.75) is 11.9 Å². The second-order valence-corrected chi connectivity index (χ2v) is 5.34. The number of halogens is 1. The first-order valence-corrected chi connectivity index (χ1v) is 6.97. The predicted molar refractivity (Wildman–Crippen MR) is 74.1 cm³/mol. The van der Waals surface area contributed by atoms with Gasteiger partial charge in [-0.25, -0.2) is 0 Å². The highest BCUT2D eigenvalue weighted by atomic mass is 79.9. The maximum absolute atomic E-state index is 12.2. The van der Waals surface area contributed by atoms with E-state index < -0.39 is 0 Å². The Labute approximate surface area is 111 Å². The van der Waals surface area contributed by atoms with Crippen molar-refractivity contribution in [1.29, 1.82) is 0 Å². The molecule has 17 heavy (non-hydrogen) atoms. The summed E-state index contributed by atoms with van der Waals surface area (Å²) in [7, 11) is 0. The largest absolute Gasteiger partial charge is 0.349 e. The Morgan fingerprint density at radius 1 is 1.41 bits per heavy atom. The van der Waals surface area contributed by atoms with E-state index in [0.717, 1.165) is 9.99 Å². The highest BCUT2D eigenvalue weighted by Gasteiger charge is 2.15. The molecule has 1 aromatic carbocycles. The second-order valence-electron chi connectivity index (χ2n) is 3.61. The van der Waals surface area contributed by atoms with E-state index in [1.807, 2.05) is 18.4 Å². The molecule has 0 aliphatic carbocycles. The molecule has 0 saturated carbocycles. The SMILES string of the molecule is CSc1[nH]c2ccc(Br)cc2c(=O)c1C(C)=O. The molecule has 1 heterocycles. The molecule has 0 fully saturated rings. The fraction of sp³-hybridized carbons (Fsp3) is 0.167. The minimum Gasteiger partial charge on any atom is -0.349 e. The summed E-state index contributed by atoms with van der Waals surface area (Å²) in [5.74, 6) is -0.211. The smallest absolute Gasteiger partial charge is 0.201 e. The summed E-state index contributed by atoms with van der Waals surface area (Å²) >= 11 is 4.69. The van der Waals surface area contributed by atoms with Gasteiger partial charge in [0.1, 0.15) is 0 Å². The predicted octanol–water partition coefficient (Wildman–Crippen LogP) is 3.22. The molecule has 0 radical (unpaired) electrons. The normalized spacial score (nSPS) is 10.8. The van der Waals surface area contributed by atoms with Gasteiger partial charge in [0.05, 0.1) is 16.1 Å². The number of H-pyrrole nitrogens is 1. The molecule has 0 aliphatic heterocycles. The number of pyridine rings is 1. The molecule has 1 N–H and O–H groups in total. The average molecular weight is 312 g/mol. The lowest BCUT2D eigenvalue weighted by Gasteiger charge is -2.07. The molecule has 0 aliphatic rings. The molecule has 0 spiro atoms. The highest BCUT2D eigenvalue weighted by Crippen LogP contribution is 2.22. The fourth-order valence-electron chi connectivity index (χ4n) is 1.71. The molecule has 0 atom stereocenters. The van der Waals surface area contributed by atoms with Gasteiger partial charge in [0.2, 0.25) is 5.43 Å². The van der Waals surface area contributed by atoms with Crippen molar-refractivity contribution >= 4 is 44.4 Å². The van der Waals surface area contributed by atoms with Crippen LogP contribution in [0.4, 0.5) is 0 Å². The first-order chi connectivity index (χ1) is 8.04. The van der Waals surface area contributed by atoms with Gasteiger partial charge in [0.25, 0.3) is 0 Å². The van der Waals surface area contributed by atoms with E-state index in [9.17, 15) is 9.59 Å². The molecule has 0 unspecified atom stereocenters. The van der Waals surface area contributed by atoms with E-state index >= 15 is 0 Å². The van der Waals surface area contributed by atoms with E-state index in [4.69, 9.17) is 0 Å². The van der Waals surface area contributed by atoms with Gasteiger partial charge >= 0.3 is 0 Å². The van der Waals surface area contributed by atoms with E-state index in [1.54, 1.807) is 6.07 Å². The Hall–Kier alpha value is -1.07. The molecule has 0 amide bonds. The number of aromatic amines is 1. The van der Waals surface area contributed by atoms with Crippen molar-refractivity contribution in [3.05, 3.63) is 38.5 Å². The highest BCUT2D eigenvalue weighted by molar-refractivity contribution is 9.10. The van der Waals surface area contributed by atoms with E-state index in [1.165, 1.54) is 18.7 Å². The first kappa shape index (κ1) is 12.4. The zero-order valence-corrected chi connectivity index (χ0v) is 11.7. The molecule has 3 nitrogen and oxygen atoms in total. The Morgan fingerprint density at radius 3 is 2.71 bits per heavy atom. The van der Waals surface area contributed by atoms with Crippen molar-refractivity contribution < 1.29 is 4.79 Å². The number of fused-ring (bicyclic) bond motifs is 1. The monoisotopic (exact) mass is 311 g/mol. The van der Waals surface area contributed by atoms with Crippen LogP contribution in [0, 0.1) is 0 Å². The summed E-state index contributed by atoms with van der Waals surface area (Å²) in [4.78, 5) is 26.9. The van der Waals surface area contributed by atoms with Crippen LogP contribution in [0.3, 0.4) is 0 Å². The molecule has 0 saturated heterocycles. The zero-order chi connectivity index (χ0) is 12.6. The molecule has 2 rings (SSSR count). The van der Waals surface area contributed by atoms with Crippen molar-refractivity contribution in [2.75, 3.05) is 6.26 Å². The van der Waals surface area contributed by atoms with Crippen LogP contribution >= 0.6 is 27.7 Å². The summed E-state index contributed by atoms with van der Waals surface area (Å²) in [6.07, 6.45) is 1.84. The number of carbonyl (C=O) groups excluding carboxylic acids is 1. The minimum atomic E-state index is -0.211. The van der Waals surface area contributed by atoms with Crippen LogP contribution in [0.5, 0.6) is 0 Å². The van der Waals surface area contributed by atoms with Gasteiger partial charge < -0.3 is 4.98 Å². The summed E-state index contributed by atoms with van der Waals surface area (Å²) in [5, 5.41) is 1.15. The summed E-state index contributed by atoms with van der Waals surface area (Å²) in [6.45, 7) is 1.41. The van der Waals surface area contributed by atoms with E-state index in [0.29, 0.717) is 10.4 Å². The van der Waals surface area contributed by atoms with Gasteiger partial charge in [-0.2, -0.15) is 0 Å². The van der Waals surface area contributed by atoms with Gasteiger partial charge in [-0.1, -0.05) is 15.9 Å². The number of benzene rings is 1. The average Bonchev–Trinajstić information content (AvgIpc) is 2.29. The lowest BCUT2D eigenvalue weighted by molar-refractivity contribution is 0.101. The number of nitrogens with one attached hydrogen (secondary N) is 1. The maximum atomic E-state index is 12.2. The maximum Gasteiger partial charge on any atom is 0.201 e. The molecular weight excluding hydrogens is 302 g/mol. The standard InChI is InChI=1S/C12H10BrNO2S/c1-6(15)10-11(16)8-5-7(13)3-4-9(8)14-12(10)17-2/h3-5H,1-2H3,(H,14,16). The molecule has 88 valence electrons.